The molecule has 1 aromatic carbocycles. The highest BCUT2D eigenvalue weighted by Crippen LogP contribution is 2.17. The molecule has 7 heteroatoms. The van der Waals surface area contributed by atoms with Crippen molar-refractivity contribution in [3.63, 3.8) is 0 Å². The van der Waals surface area contributed by atoms with Gasteiger partial charge in [0.05, 0.1) is 13.0 Å². The molecule has 0 unspecified atom stereocenters. The molecule has 0 aliphatic carbocycles. The first-order valence-corrected chi connectivity index (χ1v) is 8.18. The lowest BCUT2D eigenvalue weighted by atomic mass is 10.2. The zero-order valence-electron chi connectivity index (χ0n) is 13.4. The Labute approximate surface area is 150 Å². The summed E-state index contributed by atoms with van der Waals surface area (Å²) < 4.78 is 7.18. The van der Waals surface area contributed by atoms with Crippen LogP contribution in [0.3, 0.4) is 0 Å². The van der Waals surface area contributed by atoms with E-state index in [1.54, 1.807) is 41.3 Å². The quantitative estimate of drug-likeness (QED) is 0.706. The van der Waals surface area contributed by atoms with Gasteiger partial charge in [0.2, 0.25) is 5.91 Å². The Balaban J connectivity index is 1.45. The van der Waals surface area contributed by atoms with E-state index in [9.17, 15) is 4.79 Å². The number of amides is 1. The maximum Gasteiger partial charge on any atom is 0.223 e. The van der Waals surface area contributed by atoms with Crippen LogP contribution >= 0.6 is 11.6 Å². The van der Waals surface area contributed by atoms with E-state index in [1.807, 2.05) is 24.4 Å². The molecule has 0 saturated carbocycles. The standard InChI is InChI=1S/C18H17ClN4O2/c19-15-3-1-4-16(12-15)25-10-6-18(24)21-13-14-5-8-20-17(11-14)23-9-2-7-22-23/h1-5,7-9,11-12H,6,10,13H2,(H,21,24). The molecule has 25 heavy (non-hydrogen) atoms. The van der Waals surface area contributed by atoms with Crippen LogP contribution in [0.5, 0.6) is 5.75 Å². The first-order chi connectivity index (χ1) is 12.2. The number of carbonyl (C=O) groups excluding carboxylic acids is 1. The molecule has 3 aromatic rings. The first-order valence-electron chi connectivity index (χ1n) is 7.81. The minimum Gasteiger partial charge on any atom is -0.493 e. The number of hydrogen-bond acceptors (Lipinski definition) is 4. The van der Waals surface area contributed by atoms with Crippen molar-refractivity contribution in [1.29, 1.82) is 0 Å². The summed E-state index contributed by atoms with van der Waals surface area (Å²) in [6.45, 7) is 0.716. The van der Waals surface area contributed by atoms with Crippen molar-refractivity contribution >= 4 is 17.5 Å². The average molecular weight is 357 g/mol. The van der Waals surface area contributed by atoms with Crippen molar-refractivity contribution in [3.8, 4) is 11.6 Å². The largest absolute Gasteiger partial charge is 0.493 e. The van der Waals surface area contributed by atoms with Crippen molar-refractivity contribution < 1.29 is 9.53 Å². The van der Waals surface area contributed by atoms with Crippen LogP contribution in [0, 0.1) is 0 Å². The molecule has 0 aliphatic rings. The highest BCUT2D eigenvalue weighted by molar-refractivity contribution is 6.30. The van der Waals surface area contributed by atoms with Crippen molar-refractivity contribution in [1.82, 2.24) is 20.1 Å². The van der Waals surface area contributed by atoms with Crippen molar-refractivity contribution in [3.05, 3.63) is 71.6 Å². The molecule has 0 fully saturated rings. The highest BCUT2D eigenvalue weighted by atomic mass is 35.5. The number of pyridine rings is 1. The van der Waals surface area contributed by atoms with Crippen LogP contribution in [0.25, 0.3) is 5.82 Å². The smallest absolute Gasteiger partial charge is 0.223 e. The third-order valence-corrected chi connectivity index (χ3v) is 3.67. The van der Waals surface area contributed by atoms with Crippen molar-refractivity contribution in [2.24, 2.45) is 0 Å². The molecular weight excluding hydrogens is 340 g/mol. The summed E-state index contributed by atoms with van der Waals surface area (Å²) in [5.74, 6) is 1.28. The zero-order valence-corrected chi connectivity index (χ0v) is 14.2. The molecule has 128 valence electrons. The molecule has 0 radical (unpaired) electrons. The van der Waals surface area contributed by atoms with E-state index in [0.717, 1.165) is 5.56 Å². The molecular formula is C18H17ClN4O2. The summed E-state index contributed by atoms with van der Waals surface area (Å²) in [6.07, 6.45) is 5.47. The van der Waals surface area contributed by atoms with Gasteiger partial charge in [-0.2, -0.15) is 5.10 Å². The SMILES string of the molecule is O=C(CCOc1cccc(Cl)c1)NCc1ccnc(-n2cccn2)c1. The summed E-state index contributed by atoms with van der Waals surface area (Å²) in [5, 5.41) is 7.61. The predicted octanol–water partition coefficient (Wildman–Crippen LogP) is 3.01. The topological polar surface area (TPSA) is 69.0 Å². The first kappa shape index (κ1) is 17.0. The average Bonchev–Trinajstić information content (AvgIpc) is 3.15. The number of hydrogen-bond donors (Lipinski definition) is 1. The van der Waals surface area contributed by atoms with Gasteiger partial charge in [0.25, 0.3) is 0 Å². The number of benzene rings is 1. The normalized spacial score (nSPS) is 10.4. The fourth-order valence-corrected chi connectivity index (χ4v) is 2.39. The molecule has 0 aliphatic heterocycles. The second-order valence-electron chi connectivity index (χ2n) is 5.31. The maximum atomic E-state index is 11.9. The zero-order chi connectivity index (χ0) is 17.5. The van der Waals surface area contributed by atoms with Crippen LogP contribution in [-0.4, -0.2) is 27.3 Å². The van der Waals surface area contributed by atoms with Crippen LogP contribution in [-0.2, 0) is 11.3 Å². The second kappa shape index (κ2) is 8.30. The lowest BCUT2D eigenvalue weighted by Gasteiger charge is -2.08. The number of rotatable bonds is 7. The summed E-state index contributed by atoms with van der Waals surface area (Å²) in [5.41, 5.74) is 0.949. The summed E-state index contributed by atoms with van der Waals surface area (Å²) in [7, 11) is 0. The summed E-state index contributed by atoms with van der Waals surface area (Å²) in [4.78, 5) is 16.2. The maximum absolute atomic E-state index is 11.9. The fourth-order valence-electron chi connectivity index (χ4n) is 2.21. The number of nitrogens with zero attached hydrogens (tertiary/aromatic N) is 3. The summed E-state index contributed by atoms with van der Waals surface area (Å²) in [6, 6.07) is 12.7. The Morgan fingerprint density at radius 3 is 2.92 bits per heavy atom. The number of carbonyl (C=O) groups is 1. The molecule has 1 N–H and O–H groups in total. The monoisotopic (exact) mass is 356 g/mol. The number of ether oxygens (including phenoxy) is 1. The molecule has 1 amide bonds. The number of halogens is 1. The van der Waals surface area contributed by atoms with E-state index >= 15 is 0 Å². The lowest BCUT2D eigenvalue weighted by molar-refractivity contribution is -0.121. The van der Waals surface area contributed by atoms with Crippen LogP contribution in [0.1, 0.15) is 12.0 Å². The van der Waals surface area contributed by atoms with E-state index in [0.29, 0.717) is 29.7 Å². The van der Waals surface area contributed by atoms with Gasteiger partial charge in [-0.1, -0.05) is 17.7 Å². The van der Waals surface area contributed by atoms with Gasteiger partial charge in [-0.05, 0) is 42.0 Å². The Bertz CT molecular complexity index is 837. The molecule has 3 rings (SSSR count). The van der Waals surface area contributed by atoms with E-state index in [1.165, 1.54) is 0 Å². The predicted molar refractivity (Wildman–Crippen MR) is 94.8 cm³/mol. The Morgan fingerprint density at radius 2 is 2.12 bits per heavy atom. The molecule has 6 nitrogen and oxygen atoms in total. The second-order valence-corrected chi connectivity index (χ2v) is 5.74. The molecule has 2 aromatic heterocycles. The number of nitrogens with one attached hydrogen (secondary N) is 1. The molecule has 0 spiro atoms. The molecule has 0 saturated heterocycles. The minimum absolute atomic E-state index is 0.0838. The fraction of sp³-hybridized carbons (Fsp3) is 0.167. The Hall–Kier alpha value is -2.86. The van der Waals surface area contributed by atoms with E-state index in [2.05, 4.69) is 15.4 Å². The van der Waals surface area contributed by atoms with Gasteiger partial charge in [-0.25, -0.2) is 9.67 Å². The summed E-state index contributed by atoms with van der Waals surface area (Å²) >= 11 is 5.88. The Morgan fingerprint density at radius 1 is 1.20 bits per heavy atom. The molecule has 2 heterocycles. The van der Waals surface area contributed by atoms with Gasteiger partial charge in [-0.3, -0.25) is 4.79 Å². The van der Waals surface area contributed by atoms with Gasteiger partial charge in [0, 0.05) is 30.2 Å². The van der Waals surface area contributed by atoms with Crippen LogP contribution < -0.4 is 10.1 Å². The van der Waals surface area contributed by atoms with Gasteiger partial charge in [0.15, 0.2) is 5.82 Å². The van der Waals surface area contributed by atoms with Crippen molar-refractivity contribution in [2.45, 2.75) is 13.0 Å². The Kier molecular flexibility index (Phi) is 5.64. The molecule has 0 atom stereocenters. The van der Waals surface area contributed by atoms with E-state index < -0.39 is 0 Å². The molecule has 0 bridgehead atoms. The van der Waals surface area contributed by atoms with Crippen LogP contribution in [0.2, 0.25) is 5.02 Å². The minimum atomic E-state index is -0.0838. The van der Waals surface area contributed by atoms with Gasteiger partial charge in [0.1, 0.15) is 5.75 Å². The third-order valence-electron chi connectivity index (χ3n) is 3.43. The van der Waals surface area contributed by atoms with Crippen LogP contribution in [0.15, 0.2) is 61.1 Å². The van der Waals surface area contributed by atoms with E-state index in [-0.39, 0.29) is 12.3 Å². The third kappa shape index (κ3) is 5.06. The lowest BCUT2D eigenvalue weighted by Crippen LogP contribution is -2.24. The highest BCUT2D eigenvalue weighted by Gasteiger charge is 2.04. The van der Waals surface area contributed by atoms with Gasteiger partial charge >= 0.3 is 0 Å². The van der Waals surface area contributed by atoms with Gasteiger partial charge in [-0.15, -0.1) is 0 Å². The number of aromatic nitrogens is 3. The van der Waals surface area contributed by atoms with Crippen LogP contribution in [0.4, 0.5) is 0 Å². The van der Waals surface area contributed by atoms with E-state index in [4.69, 9.17) is 16.3 Å². The van der Waals surface area contributed by atoms with Gasteiger partial charge < -0.3 is 10.1 Å². The van der Waals surface area contributed by atoms with Crippen molar-refractivity contribution in [2.75, 3.05) is 6.61 Å².